The van der Waals surface area contributed by atoms with Crippen molar-refractivity contribution in [2.75, 3.05) is 25.1 Å². The molecule has 0 aliphatic carbocycles. The van der Waals surface area contributed by atoms with Gasteiger partial charge in [0.25, 0.3) is 15.9 Å². The quantitative estimate of drug-likeness (QED) is 0.573. The predicted octanol–water partition coefficient (Wildman–Crippen LogP) is 2.98. The molecule has 0 radical (unpaired) electrons. The second-order valence-corrected chi connectivity index (χ2v) is 9.16. The summed E-state index contributed by atoms with van der Waals surface area (Å²) in [4.78, 5) is 12.8. The van der Waals surface area contributed by atoms with Crippen LogP contribution in [-0.4, -0.2) is 41.2 Å². The molecule has 0 fully saturated rings. The molecule has 1 atom stereocenters. The Kier molecular flexibility index (Phi) is 6.41. The Labute approximate surface area is 192 Å². The number of sulfonamides is 1. The number of rotatable bonds is 7. The summed E-state index contributed by atoms with van der Waals surface area (Å²) < 4.78 is 45.1. The number of nitrogens with one attached hydrogen (secondary N) is 1. The highest BCUT2D eigenvalue weighted by atomic mass is 32.2. The van der Waals surface area contributed by atoms with Crippen molar-refractivity contribution >= 4 is 21.6 Å². The molecule has 1 amide bonds. The number of hydrogen-bond donors (Lipinski definition) is 1. The van der Waals surface area contributed by atoms with Crippen molar-refractivity contribution in [3.05, 3.63) is 78.4 Å². The summed E-state index contributed by atoms with van der Waals surface area (Å²) in [5.74, 6) is 0.429. The van der Waals surface area contributed by atoms with E-state index in [0.717, 1.165) is 5.56 Å². The molecular weight excluding hydrogens is 444 g/mol. The average molecular weight is 469 g/mol. The van der Waals surface area contributed by atoms with Gasteiger partial charge in [-0.2, -0.15) is 0 Å². The predicted molar refractivity (Wildman–Crippen MR) is 123 cm³/mol. The third-order valence-electron chi connectivity index (χ3n) is 5.28. The van der Waals surface area contributed by atoms with Crippen LogP contribution in [0, 0.1) is 0 Å². The molecule has 8 nitrogen and oxygen atoms in total. The molecule has 0 saturated carbocycles. The van der Waals surface area contributed by atoms with Crippen LogP contribution in [0.1, 0.15) is 5.56 Å². The third kappa shape index (κ3) is 4.58. The van der Waals surface area contributed by atoms with Crippen molar-refractivity contribution in [2.24, 2.45) is 0 Å². The van der Waals surface area contributed by atoms with Gasteiger partial charge in [-0.1, -0.05) is 42.5 Å². The van der Waals surface area contributed by atoms with Crippen LogP contribution in [0.25, 0.3) is 0 Å². The monoisotopic (exact) mass is 468 g/mol. The molecular formula is C24H24N2O6S. The molecule has 33 heavy (non-hydrogen) atoms. The van der Waals surface area contributed by atoms with Crippen molar-refractivity contribution < 1.29 is 27.4 Å². The van der Waals surface area contributed by atoms with Crippen LogP contribution in [0.5, 0.6) is 17.2 Å². The maximum Gasteiger partial charge on any atom is 0.268 e. The van der Waals surface area contributed by atoms with Gasteiger partial charge in [-0.15, -0.1) is 0 Å². The average Bonchev–Trinajstić information content (AvgIpc) is 2.86. The van der Waals surface area contributed by atoms with Crippen molar-refractivity contribution in [1.29, 1.82) is 0 Å². The van der Waals surface area contributed by atoms with Crippen LogP contribution in [0.15, 0.2) is 77.7 Å². The molecule has 0 saturated heterocycles. The second-order valence-electron chi connectivity index (χ2n) is 7.33. The highest BCUT2D eigenvalue weighted by Crippen LogP contribution is 2.39. The van der Waals surface area contributed by atoms with E-state index < -0.39 is 22.0 Å². The number of carbonyl (C=O) groups is 1. The van der Waals surface area contributed by atoms with Crippen LogP contribution < -0.4 is 23.8 Å². The van der Waals surface area contributed by atoms with Gasteiger partial charge in [-0.3, -0.25) is 9.10 Å². The number of para-hydroxylation sites is 2. The molecule has 4 rings (SSSR count). The van der Waals surface area contributed by atoms with Crippen molar-refractivity contribution in [2.45, 2.75) is 17.5 Å². The second kappa shape index (κ2) is 9.41. The first-order chi connectivity index (χ1) is 15.9. The maximum atomic E-state index is 13.7. The Morgan fingerprint density at radius 1 is 1.03 bits per heavy atom. The van der Waals surface area contributed by atoms with E-state index in [1.54, 1.807) is 30.3 Å². The van der Waals surface area contributed by atoms with E-state index in [1.165, 1.54) is 30.7 Å². The van der Waals surface area contributed by atoms with Gasteiger partial charge < -0.3 is 19.5 Å². The van der Waals surface area contributed by atoms with Gasteiger partial charge in [0.05, 0.1) is 26.5 Å². The molecule has 1 aliphatic heterocycles. The number of methoxy groups -OCH3 is 2. The Hall–Kier alpha value is -3.72. The molecule has 1 N–H and O–H groups in total. The standard InChI is InChI=1S/C24H24N2O6S/c1-30-18-12-13-21(31-2)23(14-18)33(28,29)26-16-22(32-20-11-7-6-10-19(20)26)24(27)25-15-17-8-4-3-5-9-17/h3-14,22H,15-16H2,1-2H3,(H,25,27)/t22-/m1/s1. The van der Waals surface area contributed by atoms with Gasteiger partial charge in [-0.05, 0) is 29.8 Å². The first-order valence-corrected chi connectivity index (χ1v) is 11.7. The summed E-state index contributed by atoms with van der Waals surface area (Å²) in [6.45, 7) is 0.109. The van der Waals surface area contributed by atoms with Gasteiger partial charge in [-0.25, -0.2) is 8.42 Å². The highest BCUT2D eigenvalue weighted by Gasteiger charge is 2.38. The lowest BCUT2D eigenvalue weighted by atomic mass is 10.2. The topological polar surface area (TPSA) is 94.2 Å². The molecule has 9 heteroatoms. The molecule has 0 aromatic heterocycles. The lowest BCUT2D eigenvalue weighted by Crippen LogP contribution is -2.50. The van der Waals surface area contributed by atoms with Crippen molar-refractivity contribution in [3.63, 3.8) is 0 Å². The molecule has 0 unspecified atom stereocenters. The lowest BCUT2D eigenvalue weighted by Gasteiger charge is -2.35. The van der Waals surface area contributed by atoms with Gasteiger partial charge in [0, 0.05) is 12.6 Å². The van der Waals surface area contributed by atoms with Crippen LogP contribution in [0.3, 0.4) is 0 Å². The van der Waals surface area contributed by atoms with Gasteiger partial charge in [0.2, 0.25) is 0 Å². The molecule has 0 bridgehead atoms. The Balaban J connectivity index is 1.67. The zero-order valence-corrected chi connectivity index (χ0v) is 19.0. The normalized spacial score (nSPS) is 15.2. The van der Waals surface area contributed by atoms with E-state index in [1.807, 2.05) is 30.3 Å². The van der Waals surface area contributed by atoms with E-state index in [4.69, 9.17) is 14.2 Å². The van der Waals surface area contributed by atoms with Crippen LogP contribution in [-0.2, 0) is 21.4 Å². The van der Waals surface area contributed by atoms with Gasteiger partial charge >= 0.3 is 0 Å². The van der Waals surface area contributed by atoms with Crippen LogP contribution in [0.4, 0.5) is 5.69 Å². The van der Waals surface area contributed by atoms with Gasteiger partial charge in [0.1, 0.15) is 22.1 Å². The first-order valence-electron chi connectivity index (χ1n) is 10.3. The van der Waals surface area contributed by atoms with E-state index in [0.29, 0.717) is 23.7 Å². The Morgan fingerprint density at radius 2 is 1.76 bits per heavy atom. The van der Waals surface area contributed by atoms with Crippen LogP contribution in [0.2, 0.25) is 0 Å². The molecule has 0 spiro atoms. The summed E-state index contributed by atoms with van der Waals surface area (Å²) in [5.41, 5.74) is 1.27. The number of ether oxygens (including phenoxy) is 3. The summed E-state index contributed by atoms with van der Waals surface area (Å²) in [6, 6.07) is 20.7. The minimum atomic E-state index is -4.12. The largest absolute Gasteiger partial charge is 0.497 e. The summed E-state index contributed by atoms with van der Waals surface area (Å²) >= 11 is 0. The molecule has 3 aromatic rings. The minimum absolute atomic E-state index is 0.0653. The van der Waals surface area contributed by atoms with E-state index in [9.17, 15) is 13.2 Å². The number of carbonyl (C=O) groups excluding carboxylic acids is 1. The number of benzene rings is 3. The summed E-state index contributed by atoms with van der Waals surface area (Å²) in [5, 5.41) is 2.82. The third-order valence-corrected chi connectivity index (χ3v) is 7.08. The highest BCUT2D eigenvalue weighted by molar-refractivity contribution is 7.93. The number of anilines is 1. The summed E-state index contributed by atoms with van der Waals surface area (Å²) in [7, 11) is -1.27. The first kappa shape index (κ1) is 22.5. The fourth-order valence-electron chi connectivity index (χ4n) is 3.57. The number of hydrogen-bond acceptors (Lipinski definition) is 6. The van der Waals surface area contributed by atoms with Crippen molar-refractivity contribution in [1.82, 2.24) is 5.32 Å². The van der Waals surface area contributed by atoms with Crippen molar-refractivity contribution in [3.8, 4) is 17.2 Å². The SMILES string of the molecule is COc1ccc(OC)c(S(=O)(=O)N2C[C@H](C(=O)NCc3ccccc3)Oc3ccccc32)c1. The number of nitrogens with zero attached hydrogens (tertiary/aromatic N) is 1. The van der Waals surface area contributed by atoms with E-state index >= 15 is 0 Å². The number of amides is 1. The Morgan fingerprint density at radius 3 is 2.48 bits per heavy atom. The summed E-state index contributed by atoms with van der Waals surface area (Å²) in [6.07, 6.45) is -1.03. The zero-order chi connectivity index (χ0) is 23.4. The zero-order valence-electron chi connectivity index (χ0n) is 18.2. The van der Waals surface area contributed by atoms with E-state index in [-0.39, 0.29) is 17.2 Å². The smallest absolute Gasteiger partial charge is 0.268 e. The maximum absolute atomic E-state index is 13.7. The minimum Gasteiger partial charge on any atom is -0.497 e. The molecule has 3 aromatic carbocycles. The molecule has 1 heterocycles. The van der Waals surface area contributed by atoms with Gasteiger partial charge in [0.15, 0.2) is 6.10 Å². The van der Waals surface area contributed by atoms with Crippen LogP contribution >= 0.6 is 0 Å². The molecule has 1 aliphatic rings. The lowest BCUT2D eigenvalue weighted by molar-refractivity contribution is -0.127. The molecule has 172 valence electrons. The number of fused-ring (bicyclic) bond motifs is 1. The van der Waals surface area contributed by atoms with E-state index in [2.05, 4.69) is 5.32 Å². The fourth-order valence-corrected chi connectivity index (χ4v) is 5.22. The Bertz CT molecular complexity index is 1250. The fraction of sp³-hybridized carbons (Fsp3) is 0.208.